The number of benzene rings is 2. The summed E-state index contributed by atoms with van der Waals surface area (Å²) in [5.74, 6) is 1.17. The molecular weight excluding hydrogens is 340 g/mol. The molecule has 0 spiro atoms. The summed E-state index contributed by atoms with van der Waals surface area (Å²) in [6, 6.07) is 11.9. The quantitative estimate of drug-likeness (QED) is 0.822. The molecular formula is C18H16N2O4S. The Labute approximate surface area is 149 Å². The average Bonchev–Trinajstić information content (AvgIpc) is 2.94. The Kier molecular flexibility index (Phi) is 4.95. The Balaban J connectivity index is 1.87. The van der Waals surface area contributed by atoms with Crippen LogP contribution in [-0.4, -0.2) is 30.4 Å². The van der Waals surface area contributed by atoms with Crippen LogP contribution in [-0.2, 0) is 4.79 Å². The molecule has 0 aromatic heterocycles. The van der Waals surface area contributed by atoms with Crippen molar-refractivity contribution in [2.24, 2.45) is 4.99 Å². The number of aromatic hydroxyl groups is 1. The molecule has 0 unspecified atom stereocenters. The minimum absolute atomic E-state index is 0.120. The first kappa shape index (κ1) is 16.9. The van der Waals surface area contributed by atoms with Gasteiger partial charge in [-0.25, -0.2) is 4.99 Å². The number of methoxy groups -OCH3 is 2. The van der Waals surface area contributed by atoms with Gasteiger partial charge in [0.2, 0.25) is 0 Å². The highest BCUT2D eigenvalue weighted by molar-refractivity contribution is 8.18. The summed E-state index contributed by atoms with van der Waals surface area (Å²) in [6.07, 6.45) is 1.74. The van der Waals surface area contributed by atoms with Crippen molar-refractivity contribution in [3.8, 4) is 17.2 Å². The Morgan fingerprint density at radius 2 is 2.00 bits per heavy atom. The molecule has 2 aromatic carbocycles. The van der Waals surface area contributed by atoms with Crippen molar-refractivity contribution in [3.63, 3.8) is 0 Å². The number of carbonyl (C=O) groups is 1. The van der Waals surface area contributed by atoms with Crippen molar-refractivity contribution in [1.29, 1.82) is 0 Å². The van der Waals surface area contributed by atoms with E-state index in [0.29, 0.717) is 27.3 Å². The van der Waals surface area contributed by atoms with Crippen molar-refractivity contribution in [2.45, 2.75) is 0 Å². The minimum Gasteiger partial charge on any atom is -0.508 e. The fourth-order valence-electron chi connectivity index (χ4n) is 2.24. The second-order valence-electron chi connectivity index (χ2n) is 5.11. The van der Waals surface area contributed by atoms with Crippen LogP contribution in [0.3, 0.4) is 0 Å². The lowest BCUT2D eigenvalue weighted by atomic mass is 10.1. The van der Waals surface area contributed by atoms with E-state index in [1.54, 1.807) is 50.6 Å². The highest BCUT2D eigenvalue weighted by Gasteiger charge is 2.24. The lowest BCUT2D eigenvalue weighted by Crippen LogP contribution is -2.19. The summed E-state index contributed by atoms with van der Waals surface area (Å²) in [4.78, 5) is 17.0. The second-order valence-corrected chi connectivity index (χ2v) is 6.14. The lowest BCUT2D eigenvalue weighted by molar-refractivity contribution is -0.115. The maximum Gasteiger partial charge on any atom is 0.264 e. The van der Waals surface area contributed by atoms with Crippen LogP contribution >= 0.6 is 11.8 Å². The van der Waals surface area contributed by atoms with Crippen molar-refractivity contribution in [1.82, 2.24) is 5.32 Å². The molecule has 7 heteroatoms. The van der Waals surface area contributed by atoms with Crippen molar-refractivity contribution >= 4 is 34.6 Å². The summed E-state index contributed by atoms with van der Waals surface area (Å²) in [6.45, 7) is 0. The van der Waals surface area contributed by atoms with Gasteiger partial charge in [0.1, 0.15) is 17.2 Å². The van der Waals surface area contributed by atoms with Crippen LogP contribution in [0.4, 0.5) is 5.69 Å². The normalized spacial score (nSPS) is 17.0. The molecule has 1 amide bonds. The summed E-state index contributed by atoms with van der Waals surface area (Å²) >= 11 is 1.23. The number of aliphatic imine (C=N–C) groups is 1. The molecule has 1 fully saturated rings. The number of nitrogens with one attached hydrogen (secondary N) is 1. The van der Waals surface area contributed by atoms with E-state index in [-0.39, 0.29) is 11.7 Å². The number of hydrogen-bond donors (Lipinski definition) is 2. The van der Waals surface area contributed by atoms with E-state index in [1.165, 1.54) is 17.8 Å². The van der Waals surface area contributed by atoms with Crippen molar-refractivity contribution in [3.05, 3.63) is 52.9 Å². The molecule has 1 heterocycles. The molecule has 2 N–H and O–H groups in total. The molecule has 0 bridgehead atoms. The lowest BCUT2D eigenvalue weighted by Gasteiger charge is -2.07. The third-order valence-corrected chi connectivity index (χ3v) is 4.35. The predicted octanol–water partition coefficient (Wildman–Crippen LogP) is 3.30. The van der Waals surface area contributed by atoms with Gasteiger partial charge >= 0.3 is 0 Å². The van der Waals surface area contributed by atoms with E-state index in [4.69, 9.17) is 9.47 Å². The van der Waals surface area contributed by atoms with Crippen LogP contribution in [0.15, 0.2) is 52.4 Å². The molecule has 6 nitrogen and oxygen atoms in total. The first-order valence-electron chi connectivity index (χ1n) is 7.39. The van der Waals surface area contributed by atoms with Gasteiger partial charge in [0, 0.05) is 17.7 Å². The molecule has 128 valence electrons. The maximum atomic E-state index is 12.2. The molecule has 0 atom stereocenters. The topological polar surface area (TPSA) is 80.2 Å². The zero-order valence-corrected chi connectivity index (χ0v) is 14.5. The standard InChI is InChI=1S/C18H16N2O4S/c1-23-14-7-6-11(15(10-14)24-2)8-16-17(22)20-18(25-16)19-12-4-3-5-13(21)9-12/h3-10,21H,1-2H3,(H,19,20,22)/b16-8+. The zero-order chi connectivity index (χ0) is 17.8. The number of ether oxygens (including phenoxy) is 2. The molecule has 0 aliphatic carbocycles. The van der Waals surface area contributed by atoms with Gasteiger partial charge in [-0.05, 0) is 42.1 Å². The summed E-state index contributed by atoms with van der Waals surface area (Å²) in [5, 5.41) is 12.7. The number of phenols is 1. The smallest absolute Gasteiger partial charge is 0.264 e. The first-order valence-corrected chi connectivity index (χ1v) is 8.21. The van der Waals surface area contributed by atoms with Gasteiger partial charge in [-0.2, -0.15) is 0 Å². The van der Waals surface area contributed by atoms with Gasteiger partial charge in [-0.1, -0.05) is 6.07 Å². The van der Waals surface area contributed by atoms with Gasteiger partial charge in [0.15, 0.2) is 5.17 Å². The summed E-state index contributed by atoms with van der Waals surface area (Å²) < 4.78 is 10.5. The highest BCUT2D eigenvalue weighted by atomic mass is 32.2. The van der Waals surface area contributed by atoms with Crippen LogP contribution in [0.25, 0.3) is 6.08 Å². The number of hydrogen-bond acceptors (Lipinski definition) is 6. The second kappa shape index (κ2) is 7.31. The number of carbonyl (C=O) groups excluding carboxylic acids is 1. The predicted molar refractivity (Wildman–Crippen MR) is 98.5 cm³/mol. The third-order valence-electron chi connectivity index (χ3n) is 3.44. The summed E-state index contributed by atoms with van der Waals surface area (Å²) in [5.41, 5.74) is 1.32. The molecule has 2 aromatic rings. The fourth-order valence-corrected chi connectivity index (χ4v) is 3.07. The van der Waals surface area contributed by atoms with Gasteiger partial charge in [-0.15, -0.1) is 0 Å². The van der Waals surface area contributed by atoms with Crippen LogP contribution in [0.1, 0.15) is 5.56 Å². The molecule has 1 aliphatic heterocycles. The molecule has 25 heavy (non-hydrogen) atoms. The van der Waals surface area contributed by atoms with Gasteiger partial charge in [0.05, 0.1) is 24.8 Å². The SMILES string of the molecule is COc1ccc(/C=C2/SC(=Nc3cccc(O)c3)NC2=O)c(OC)c1. The Bertz CT molecular complexity index is 877. The molecule has 1 aliphatic rings. The zero-order valence-electron chi connectivity index (χ0n) is 13.6. The average molecular weight is 356 g/mol. The third kappa shape index (κ3) is 3.95. The molecule has 0 radical (unpaired) electrons. The van der Waals surface area contributed by atoms with Crippen LogP contribution in [0.5, 0.6) is 17.2 Å². The van der Waals surface area contributed by atoms with Crippen molar-refractivity contribution < 1.29 is 19.4 Å². The molecule has 3 rings (SSSR count). The largest absolute Gasteiger partial charge is 0.508 e. The molecule has 0 saturated carbocycles. The van der Waals surface area contributed by atoms with E-state index in [2.05, 4.69) is 10.3 Å². The van der Waals surface area contributed by atoms with E-state index < -0.39 is 0 Å². The van der Waals surface area contributed by atoms with E-state index in [1.807, 2.05) is 6.07 Å². The Morgan fingerprint density at radius 1 is 1.16 bits per heavy atom. The molecule has 1 saturated heterocycles. The van der Waals surface area contributed by atoms with E-state index >= 15 is 0 Å². The van der Waals surface area contributed by atoms with Crippen molar-refractivity contribution in [2.75, 3.05) is 14.2 Å². The number of nitrogens with zero attached hydrogens (tertiary/aromatic N) is 1. The Hall–Kier alpha value is -2.93. The maximum absolute atomic E-state index is 12.2. The van der Waals surface area contributed by atoms with Gasteiger partial charge in [0.25, 0.3) is 5.91 Å². The van der Waals surface area contributed by atoms with Crippen LogP contribution in [0.2, 0.25) is 0 Å². The van der Waals surface area contributed by atoms with Gasteiger partial charge in [-0.3, -0.25) is 4.79 Å². The van der Waals surface area contributed by atoms with Gasteiger partial charge < -0.3 is 19.9 Å². The number of rotatable bonds is 4. The number of amides is 1. The van der Waals surface area contributed by atoms with Crippen LogP contribution in [0, 0.1) is 0 Å². The number of thioether (sulfide) groups is 1. The first-order chi connectivity index (χ1) is 12.1. The van der Waals surface area contributed by atoms with E-state index in [9.17, 15) is 9.90 Å². The van der Waals surface area contributed by atoms with E-state index in [0.717, 1.165) is 5.56 Å². The number of phenolic OH excluding ortho intramolecular Hbond substituents is 1. The summed E-state index contributed by atoms with van der Waals surface area (Å²) in [7, 11) is 3.14. The number of amidine groups is 1. The minimum atomic E-state index is -0.234. The monoisotopic (exact) mass is 356 g/mol. The van der Waals surface area contributed by atoms with Crippen LogP contribution < -0.4 is 14.8 Å². The fraction of sp³-hybridized carbons (Fsp3) is 0.111. The Morgan fingerprint density at radius 3 is 2.72 bits per heavy atom. The highest BCUT2D eigenvalue weighted by Crippen LogP contribution is 2.32.